The van der Waals surface area contributed by atoms with Crippen molar-refractivity contribution < 1.29 is 4.74 Å². The minimum absolute atomic E-state index is 0.343. The van der Waals surface area contributed by atoms with Crippen LogP contribution in [0.15, 0.2) is 48.5 Å². The second-order valence-corrected chi connectivity index (χ2v) is 6.10. The van der Waals surface area contributed by atoms with Crippen molar-refractivity contribution in [2.45, 2.75) is 31.2 Å². The van der Waals surface area contributed by atoms with Gasteiger partial charge in [-0.05, 0) is 42.4 Å². The predicted molar refractivity (Wildman–Crippen MR) is 84.8 cm³/mol. The van der Waals surface area contributed by atoms with Crippen LogP contribution in [0.1, 0.15) is 41.5 Å². The van der Waals surface area contributed by atoms with Gasteiger partial charge in [0, 0.05) is 12.1 Å². The quantitative estimate of drug-likeness (QED) is 0.922. The third kappa shape index (κ3) is 2.44. The van der Waals surface area contributed by atoms with Gasteiger partial charge in [0.15, 0.2) is 0 Å². The summed E-state index contributed by atoms with van der Waals surface area (Å²) in [5, 5.41) is 3.72. The molecule has 0 fully saturated rings. The maximum atomic E-state index is 5.76. The van der Waals surface area contributed by atoms with Crippen LogP contribution in [-0.4, -0.2) is 13.2 Å². The van der Waals surface area contributed by atoms with Crippen LogP contribution in [0.5, 0.6) is 5.75 Å². The minimum atomic E-state index is 0.343. The average molecular weight is 279 g/mol. The molecular weight excluding hydrogens is 258 g/mol. The Labute approximate surface area is 126 Å². The fourth-order valence-electron chi connectivity index (χ4n) is 3.68. The van der Waals surface area contributed by atoms with Gasteiger partial charge in [-0.2, -0.15) is 0 Å². The zero-order valence-electron chi connectivity index (χ0n) is 12.2. The van der Waals surface area contributed by atoms with E-state index in [-0.39, 0.29) is 0 Å². The summed E-state index contributed by atoms with van der Waals surface area (Å²) in [6, 6.07) is 17.6. The fraction of sp³-hybridized carbons (Fsp3) is 0.368. The number of ether oxygens (including phenoxy) is 1. The number of nitrogens with one attached hydrogen (secondary N) is 1. The Hall–Kier alpha value is -1.80. The average Bonchev–Trinajstić information content (AvgIpc) is 2.96. The second-order valence-electron chi connectivity index (χ2n) is 6.10. The Morgan fingerprint density at radius 2 is 1.81 bits per heavy atom. The molecule has 4 rings (SSSR count). The van der Waals surface area contributed by atoms with Gasteiger partial charge in [0.25, 0.3) is 0 Å². The van der Waals surface area contributed by atoms with E-state index in [0.717, 1.165) is 18.9 Å². The Morgan fingerprint density at radius 3 is 2.76 bits per heavy atom. The molecule has 2 nitrogen and oxygen atoms in total. The first kappa shape index (κ1) is 12.9. The molecule has 1 aliphatic heterocycles. The first-order valence-electron chi connectivity index (χ1n) is 7.95. The molecule has 2 aromatic rings. The standard InChI is InChI=1S/C19H21NO/c1-2-9-16-14(6-1)7-5-8-15(16)12-20-18-13-21-19-11-4-3-10-17(18)19/h1-4,6,9-11,15,18,20H,5,7-8,12-13H2. The van der Waals surface area contributed by atoms with Crippen molar-refractivity contribution in [3.05, 3.63) is 65.2 Å². The van der Waals surface area contributed by atoms with Crippen LogP contribution >= 0.6 is 0 Å². The lowest BCUT2D eigenvalue weighted by atomic mass is 9.82. The van der Waals surface area contributed by atoms with Crippen molar-refractivity contribution in [3.8, 4) is 5.75 Å². The summed E-state index contributed by atoms with van der Waals surface area (Å²) in [6.07, 6.45) is 3.84. The summed E-state index contributed by atoms with van der Waals surface area (Å²) in [5.74, 6) is 1.68. The first-order valence-corrected chi connectivity index (χ1v) is 7.95. The molecule has 1 aliphatic carbocycles. The van der Waals surface area contributed by atoms with Crippen LogP contribution in [-0.2, 0) is 6.42 Å². The highest BCUT2D eigenvalue weighted by Gasteiger charge is 2.25. The number of para-hydroxylation sites is 1. The highest BCUT2D eigenvalue weighted by atomic mass is 16.5. The summed E-state index contributed by atoms with van der Waals surface area (Å²) < 4.78 is 5.76. The Morgan fingerprint density at radius 1 is 1.00 bits per heavy atom. The third-order valence-corrected chi connectivity index (χ3v) is 4.80. The molecule has 2 atom stereocenters. The summed E-state index contributed by atoms with van der Waals surface area (Å²) in [6.45, 7) is 1.80. The van der Waals surface area contributed by atoms with Crippen LogP contribution in [0.3, 0.4) is 0 Å². The molecule has 1 N–H and O–H groups in total. The lowest BCUT2D eigenvalue weighted by Gasteiger charge is -2.27. The molecule has 21 heavy (non-hydrogen) atoms. The molecule has 0 radical (unpaired) electrons. The van der Waals surface area contributed by atoms with Crippen molar-refractivity contribution in [1.82, 2.24) is 5.32 Å². The SMILES string of the molecule is c1ccc2c(c1)CCCC2CNC1COc2ccccc21. The molecule has 2 unspecified atom stereocenters. The van der Waals surface area contributed by atoms with Crippen molar-refractivity contribution in [2.75, 3.05) is 13.2 Å². The van der Waals surface area contributed by atoms with E-state index in [4.69, 9.17) is 4.74 Å². The van der Waals surface area contributed by atoms with E-state index in [0.29, 0.717) is 12.0 Å². The van der Waals surface area contributed by atoms with E-state index in [1.165, 1.54) is 24.8 Å². The molecule has 0 amide bonds. The second kappa shape index (κ2) is 5.53. The summed E-state index contributed by atoms with van der Waals surface area (Å²) in [5.41, 5.74) is 4.39. The van der Waals surface area contributed by atoms with E-state index < -0.39 is 0 Å². The van der Waals surface area contributed by atoms with Crippen LogP contribution < -0.4 is 10.1 Å². The molecular formula is C19H21NO. The lowest BCUT2D eigenvalue weighted by molar-refractivity contribution is 0.306. The van der Waals surface area contributed by atoms with Crippen molar-refractivity contribution in [2.24, 2.45) is 0 Å². The van der Waals surface area contributed by atoms with Gasteiger partial charge in [0.2, 0.25) is 0 Å². The van der Waals surface area contributed by atoms with Gasteiger partial charge < -0.3 is 10.1 Å². The Kier molecular flexibility index (Phi) is 3.40. The Bertz CT molecular complexity index is 637. The zero-order chi connectivity index (χ0) is 14.1. The van der Waals surface area contributed by atoms with Gasteiger partial charge in [-0.15, -0.1) is 0 Å². The molecule has 108 valence electrons. The van der Waals surface area contributed by atoms with Crippen LogP contribution in [0.4, 0.5) is 0 Å². The number of rotatable bonds is 3. The van der Waals surface area contributed by atoms with E-state index in [2.05, 4.69) is 47.8 Å². The van der Waals surface area contributed by atoms with Gasteiger partial charge in [-0.3, -0.25) is 0 Å². The molecule has 1 heterocycles. The molecule has 0 spiro atoms. The van der Waals surface area contributed by atoms with Crippen molar-refractivity contribution >= 4 is 0 Å². The minimum Gasteiger partial charge on any atom is -0.491 e. The largest absolute Gasteiger partial charge is 0.491 e. The third-order valence-electron chi connectivity index (χ3n) is 4.80. The Balaban J connectivity index is 1.47. The van der Waals surface area contributed by atoms with Gasteiger partial charge in [0.05, 0.1) is 6.04 Å². The number of fused-ring (bicyclic) bond motifs is 2. The van der Waals surface area contributed by atoms with Gasteiger partial charge >= 0.3 is 0 Å². The highest BCUT2D eigenvalue weighted by Crippen LogP contribution is 2.34. The van der Waals surface area contributed by atoms with Crippen LogP contribution in [0.25, 0.3) is 0 Å². The number of hydrogen-bond donors (Lipinski definition) is 1. The first-order chi connectivity index (χ1) is 10.4. The van der Waals surface area contributed by atoms with E-state index in [1.807, 2.05) is 6.07 Å². The number of hydrogen-bond acceptors (Lipinski definition) is 2. The lowest BCUT2D eigenvalue weighted by Crippen LogP contribution is -2.29. The molecule has 2 aromatic carbocycles. The molecule has 2 heteroatoms. The highest BCUT2D eigenvalue weighted by molar-refractivity contribution is 5.39. The summed E-state index contributed by atoms with van der Waals surface area (Å²) >= 11 is 0. The monoisotopic (exact) mass is 279 g/mol. The fourth-order valence-corrected chi connectivity index (χ4v) is 3.68. The zero-order valence-corrected chi connectivity index (χ0v) is 12.2. The molecule has 0 saturated carbocycles. The van der Waals surface area contributed by atoms with Gasteiger partial charge in [-0.1, -0.05) is 42.5 Å². The predicted octanol–water partition coefficient (Wildman–Crippen LogP) is 3.83. The summed E-state index contributed by atoms with van der Waals surface area (Å²) in [4.78, 5) is 0. The normalized spacial score (nSPS) is 23.2. The van der Waals surface area contributed by atoms with Crippen LogP contribution in [0, 0.1) is 0 Å². The molecule has 0 saturated heterocycles. The topological polar surface area (TPSA) is 21.3 Å². The van der Waals surface area contributed by atoms with Crippen molar-refractivity contribution in [3.63, 3.8) is 0 Å². The maximum absolute atomic E-state index is 5.76. The summed E-state index contributed by atoms with van der Waals surface area (Å²) in [7, 11) is 0. The smallest absolute Gasteiger partial charge is 0.124 e. The van der Waals surface area contributed by atoms with E-state index in [1.54, 1.807) is 11.1 Å². The van der Waals surface area contributed by atoms with E-state index in [9.17, 15) is 0 Å². The van der Waals surface area contributed by atoms with Gasteiger partial charge in [0.1, 0.15) is 12.4 Å². The maximum Gasteiger partial charge on any atom is 0.124 e. The van der Waals surface area contributed by atoms with E-state index >= 15 is 0 Å². The number of aryl methyl sites for hydroxylation is 1. The molecule has 0 bridgehead atoms. The van der Waals surface area contributed by atoms with Gasteiger partial charge in [-0.25, -0.2) is 0 Å². The number of benzene rings is 2. The van der Waals surface area contributed by atoms with Crippen molar-refractivity contribution in [1.29, 1.82) is 0 Å². The molecule has 0 aromatic heterocycles. The molecule has 2 aliphatic rings. The van der Waals surface area contributed by atoms with Crippen LogP contribution in [0.2, 0.25) is 0 Å².